The van der Waals surface area contributed by atoms with Crippen molar-refractivity contribution < 1.29 is 4.79 Å². The lowest BCUT2D eigenvalue weighted by Crippen LogP contribution is -2.32. The lowest BCUT2D eigenvalue weighted by Gasteiger charge is -2.22. The molecule has 3 rings (SSSR count). The molecule has 0 atom stereocenters. The molecule has 0 bridgehead atoms. The minimum atomic E-state index is -0.206. The van der Waals surface area contributed by atoms with Crippen molar-refractivity contribution in [3.8, 4) is 0 Å². The van der Waals surface area contributed by atoms with Crippen LogP contribution < -0.4 is 4.90 Å². The van der Waals surface area contributed by atoms with Crippen molar-refractivity contribution in [2.75, 3.05) is 11.4 Å². The molecule has 0 fully saturated rings. The smallest absolute Gasteiger partial charge is 0.297 e. The van der Waals surface area contributed by atoms with Crippen LogP contribution >= 0.6 is 0 Å². The molecule has 0 N–H and O–H groups in total. The van der Waals surface area contributed by atoms with Crippen LogP contribution in [-0.4, -0.2) is 27.2 Å². The van der Waals surface area contributed by atoms with Gasteiger partial charge in [0, 0.05) is 11.9 Å². The number of rotatable bonds is 3. The molecule has 0 aliphatic carbocycles. The Balaban J connectivity index is 2.02. The van der Waals surface area contributed by atoms with E-state index < -0.39 is 0 Å². The van der Waals surface area contributed by atoms with Gasteiger partial charge in [-0.1, -0.05) is 36.4 Å². The lowest BCUT2D eigenvalue weighted by atomic mass is 10.1. The van der Waals surface area contributed by atoms with Crippen LogP contribution in [0.25, 0.3) is 10.8 Å². The molecule has 5 heteroatoms. The van der Waals surface area contributed by atoms with Gasteiger partial charge in [-0.15, -0.1) is 5.10 Å². The number of amides is 1. The first-order chi connectivity index (χ1) is 11.4. The van der Waals surface area contributed by atoms with E-state index >= 15 is 0 Å². The van der Waals surface area contributed by atoms with Crippen LogP contribution in [0.3, 0.4) is 0 Å². The van der Waals surface area contributed by atoms with Gasteiger partial charge in [0.25, 0.3) is 5.91 Å². The third-order valence-electron chi connectivity index (χ3n) is 3.99. The Morgan fingerprint density at radius 1 is 1.12 bits per heavy atom. The fourth-order valence-electron chi connectivity index (χ4n) is 2.67. The number of fused-ring (bicyclic) bond motifs is 1. The predicted octanol–water partition coefficient (Wildman–Crippen LogP) is 3.85. The Bertz CT molecular complexity index is 871. The molecule has 0 saturated carbocycles. The van der Waals surface area contributed by atoms with Gasteiger partial charge in [0.1, 0.15) is 6.33 Å². The van der Waals surface area contributed by atoms with Gasteiger partial charge in [-0.2, -0.15) is 0 Å². The second-order valence-corrected chi connectivity index (χ2v) is 6.73. The number of anilines is 1. The molecule has 0 unspecified atom stereocenters. The van der Waals surface area contributed by atoms with Gasteiger partial charge in [0.15, 0.2) is 0 Å². The summed E-state index contributed by atoms with van der Waals surface area (Å²) < 4.78 is 1.72. The van der Waals surface area contributed by atoms with Crippen LogP contribution in [0.4, 0.5) is 5.69 Å². The van der Waals surface area contributed by atoms with E-state index in [4.69, 9.17) is 0 Å². The molecule has 0 saturated heterocycles. The van der Waals surface area contributed by atoms with E-state index in [0.717, 1.165) is 16.5 Å². The maximum atomic E-state index is 12.9. The third-order valence-corrected chi connectivity index (χ3v) is 3.99. The zero-order valence-electron chi connectivity index (χ0n) is 14.5. The van der Waals surface area contributed by atoms with Gasteiger partial charge >= 0.3 is 0 Å². The molecule has 5 nitrogen and oxygen atoms in total. The minimum absolute atomic E-state index is 0.183. The number of aromatic nitrogens is 3. The molecular weight excluding hydrogens is 300 g/mol. The maximum absolute atomic E-state index is 12.9. The van der Waals surface area contributed by atoms with E-state index in [9.17, 15) is 4.79 Å². The molecule has 1 aromatic heterocycles. The van der Waals surface area contributed by atoms with E-state index in [1.54, 1.807) is 15.9 Å². The zero-order valence-corrected chi connectivity index (χ0v) is 14.5. The fourth-order valence-corrected chi connectivity index (χ4v) is 2.67. The summed E-state index contributed by atoms with van der Waals surface area (Å²) in [6, 6.07) is 14.0. The topological polar surface area (TPSA) is 51.0 Å². The van der Waals surface area contributed by atoms with Crippen LogP contribution in [0, 0.1) is 0 Å². The summed E-state index contributed by atoms with van der Waals surface area (Å²) in [5.41, 5.74) is 0.676. The number of carbonyl (C=O) groups is 1. The first-order valence-electron chi connectivity index (χ1n) is 8.13. The summed E-state index contributed by atoms with van der Waals surface area (Å²) in [6.07, 6.45) is 1.62. The van der Waals surface area contributed by atoms with Crippen molar-refractivity contribution >= 4 is 22.4 Å². The van der Waals surface area contributed by atoms with Crippen molar-refractivity contribution in [1.29, 1.82) is 0 Å². The van der Waals surface area contributed by atoms with E-state index in [-0.39, 0.29) is 17.3 Å². The van der Waals surface area contributed by atoms with Crippen molar-refractivity contribution in [3.63, 3.8) is 0 Å². The zero-order chi connectivity index (χ0) is 17.3. The van der Waals surface area contributed by atoms with E-state index in [1.165, 1.54) is 0 Å². The molecule has 0 aliphatic rings. The molecular formula is C19H22N4O. The van der Waals surface area contributed by atoms with Crippen LogP contribution in [0.1, 0.15) is 38.3 Å². The number of hydrogen-bond acceptors (Lipinski definition) is 3. The largest absolute Gasteiger partial charge is 0.305 e. The van der Waals surface area contributed by atoms with E-state index in [1.807, 2.05) is 70.2 Å². The summed E-state index contributed by atoms with van der Waals surface area (Å²) in [6.45, 7) is 8.59. The number of carbonyl (C=O) groups excluding carboxylic acids is 1. The SMILES string of the molecule is CCN(C(=O)c1ncn(C(C)(C)C)n1)c1cccc2ccccc12. The number of hydrogen-bond donors (Lipinski definition) is 0. The van der Waals surface area contributed by atoms with Gasteiger partial charge in [0.2, 0.25) is 5.82 Å². The normalized spacial score (nSPS) is 11.7. The average molecular weight is 322 g/mol. The second kappa shape index (κ2) is 6.07. The second-order valence-electron chi connectivity index (χ2n) is 6.73. The summed E-state index contributed by atoms with van der Waals surface area (Å²) in [4.78, 5) is 18.9. The molecule has 0 spiro atoms. The van der Waals surface area contributed by atoms with Crippen LogP contribution in [-0.2, 0) is 5.54 Å². The Labute approximate surface area is 141 Å². The predicted molar refractivity (Wildman–Crippen MR) is 96.3 cm³/mol. The van der Waals surface area contributed by atoms with Gasteiger partial charge < -0.3 is 4.90 Å². The quantitative estimate of drug-likeness (QED) is 0.736. The number of nitrogens with zero attached hydrogens (tertiary/aromatic N) is 4. The molecule has 124 valence electrons. The Morgan fingerprint density at radius 3 is 2.50 bits per heavy atom. The highest BCUT2D eigenvalue weighted by atomic mass is 16.2. The summed E-state index contributed by atoms with van der Waals surface area (Å²) in [5, 5.41) is 6.52. The highest BCUT2D eigenvalue weighted by molar-refractivity contribution is 6.09. The average Bonchev–Trinajstić information content (AvgIpc) is 3.06. The molecule has 0 radical (unpaired) electrons. The van der Waals surface area contributed by atoms with Gasteiger partial charge in [-0.3, -0.25) is 4.79 Å². The van der Waals surface area contributed by atoms with Crippen LogP contribution in [0.2, 0.25) is 0 Å². The minimum Gasteiger partial charge on any atom is -0.305 e. The molecule has 1 amide bonds. The standard InChI is InChI=1S/C19H22N4O/c1-5-22(16-12-8-10-14-9-6-7-11-15(14)16)18(24)17-20-13-23(21-17)19(2,3)4/h6-13H,5H2,1-4H3. The summed E-state index contributed by atoms with van der Waals surface area (Å²) >= 11 is 0. The molecule has 3 aromatic rings. The Kier molecular flexibility index (Phi) is 4.09. The van der Waals surface area contributed by atoms with E-state index in [2.05, 4.69) is 10.1 Å². The van der Waals surface area contributed by atoms with Gasteiger partial charge in [0.05, 0.1) is 11.2 Å². The highest BCUT2D eigenvalue weighted by Crippen LogP contribution is 2.27. The van der Waals surface area contributed by atoms with Crippen molar-refractivity contribution in [2.45, 2.75) is 33.2 Å². The monoisotopic (exact) mass is 322 g/mol. The first-order valence-corrected chi connectivity index (χ1v) is 8.13. The van der Waals surface area contributed by atoms with E-state index in [0.29, 0.717) is 6.54 Å². The summed E-state index contributed by atoms with van der Waals surface area (Å²) in [7, 11) is 0. The Morgan fingerprint density at radius 2 is 1.83 bits per heavy atom. The van der Waals surface area contributed by atoms with Crippen LogP contribution in [0.5, 0.6) is 0 Å². The van der Waals surface area contributed by atoms with Crippen molar-refractivity contribution in [1.82, 2.24) is 14.8 Å². The highest BCUT2D eigenvalue weighted by Gasteiger charge is 2.23. The van der Waals surface area contributed by atoms with Gasteiger partial charge in [-0.25, -0.2) is 9.67 Å². The summed E-state index contributed by atoms with van der Waals surface area (Å²) in [5.74, 6) is 0.0385. The fraction of sp³-hybridized carbons (Fsp3) is 0.316. The third kappa shape index (κ3) is 2.89. The van der Waals surface area contributed by atoms with Crippen LogP contribution in [0.15, 0.2) is 48.8 Å². The molecule has 1 heterocycles. The lowest BCUT2D eigenvalue weighted by molar-refractivity contribution is 0.0977. The maximum Gasteiger partial charge on any atom is 0.297 e. The van der Waals surface area contributed by atoms with Crippen molar-refractivity contribution in [3.05, 3.63) is 54.6 Å². The van der Waals surface area contributed by atoms with Gasteiger partial charge in [-0.05, 0) is 39.1 Å². The molecule has 0 aliphatic heterocycles. The number of benzene rings is 2. The van der Waals surface area contributed by atoms with Crippen molar-refractivity contribution in [2.24, 2.45) is 0 Å². The molecule has 2 aromatic carbocycles. The Hall–Kier alpha value is -2.69. The first kappa shape index (κ1) is 16.2. The molecule has 24 heavy (non-hydrogen) atoms.